The summed E-state index contributed by atoms with van der Waals surface area (Å²) in [5.41, 5.74) is 0. The first-order valence-electron chi connectivity index (χ1n) is 8.87. The molecule has 1 aliphatic rings. The van der Waals surface area contributed by atoms with Crippen molar-refractivity contribution in [2.45, 2.75) is 34.1 Å². The molecular formula is C17H32N4O3. The van der Waals surface area contributed by atoms with Crippen molar-refractivity contribution in [2.24, 2.45) is 16.8 Å². The van der Waals surface area contributed by atoms with E-state index in [2.05, 4.69) is 22.1 Å². The van der Waals surface area contributed by atoms with Crippen LogP contribution in [0.15, 0.2) is 4.99 Å². The van der Waals surface area contributed by atoms with Crippen molar-refractivity contribution in [1.82, 2.24) is 15.1 Å². The van der Waals surface area contributed by atoms with Crippen molar-refractivity contribution >= 4 is 17.8 Å². The average molecular weight is 340 g/mol. The Hall–Kier alpha value is -1.79. The van der Waals surface area contributed by atoms with Gasteiger partial charge in [-0.15, -0.1) is 0 Å². The average Bonchev–Trinajstić information content (AvgIpc) is 2.96. The minimum Gasteiger partial charge on any atom is -0.469 e. The van der Waals surface area contributed by atoms with E-state index in [-0.39, 0.29) is 23.7 Å². The van der Waals surface area contributed by atoms with Crippen LogP contribution in [0, 0.1) is 11.8 Å². The summed E-state index contributed by atoms with van der Waals surface area (Å²) in [6, 6.07) is 0. The van der Waals surface area contributed by atoms with Crippen LogP contribution in [-0.4, -0.2) is 74.0 Å². The van der Waals surface area contributed by atoms with Crippen LogP contribution in [-0.2, 0) is 14.3 Å². The van der Waals surface area contributed by atoms with Gasteiger partial charge in [0.1, 0.15) is 0 Å². The number of esters is 1. The molecule has 1 heterocycles. The van der Waals surface area contributed by atoms with E-state index in [0.29, 0.717) is 19.5 Å². The second-order valence-corrected chi connectivity index (χ2v) is 6.06. The van der Waals surface area contributed by atoms with Gasteiger partial charge in [-0.1, -0.05) is 6.92 Å². The van der Waals surface area contributed by atoms with Crippen molar-refractivity contribution in [3.05, 3.63) is 0 Å². The Morgan fingerprint density at radius 2 is 1.92 bits per heavy atom. The monoisotopic (exact) mass is 340 g/mol. The third-order valence-corrected chi connectivity index (χ3v) is 4.45. The summed E-state index contributed by atoms with van der Waals surface area (Å²) < 4.78 is 4.88. The van der Waals surface area contributed by atoms with Crippen LogP contribution in [0.25, 0.3) is 0 Å². The van der Waals surface area contributed by atoms with Crippen LogP contribution >= 0.6 is 0 Å². The summed E-state index contributed by atoms with van der Waals surface area (Å²) in [5, 5.41) is 3.25. The summed E-state index contributed by atoms with van der Waals surface area (Å²) in [4.78, 5) is 32.4. The Balaban J connectivity index is 2.66. The lowest BCUT2D eigenvalue weighted by Gasteiger charge is -2.22. The van der Waals surface area contributed by atoms with Gasteiger partial charge in [0, 0.05) is 39.1 Å². The number of rotatable bonds is 7. The zero-order valence-electron chi connectivity index (χ0n) is 15.7. The maximum atomic E-state index is 12.1. The molecule has 0 aliphatic carbocycles. The zero-order valence-corrected chi connectivity index (χ0v) is 15.7. The van der Waals surface area contributed by atoms with Crippen molar-refractivity contribution in [2.75, 3.05) is 46.4 Å². The van der Waals surface area contributed by atoms with E-state index in [4.69, 9.17) is 4.74 Å². The highest BCUT2D eigenvalue weighted by atomic mass is 16.5. The molecule has 0 aromatic heterocycles. The number of hydrogen-bond acceptors (Lipinski definition) is 4. The molecule has 0 aromatic carbocycles. The maximum absolute atomic E-state index is 12.1. The van der Waals surface area contributed by atoms with Crippen LogP contribution < -0.4 is 5.32 Å². The quantitative estimate of drug-likeness (QED) is 0.424. The summed E-state index contributed by atoms with van der Waals surface area (Å²) in [6.07, 6.45) is 0.403. The minimum absolute atomic E-state index is 0.127. The second kappa shape index (κ2) is 10.2. The standard InChI is InChI=1S/C17H32N4O3/c1-6-18-17(19-10-9-15(22)20(7-2)8-3)21-11-13(4)14(12-21)16(23)24-5/h13-14H,6-12H2,1-5H3,(H,18,19). The van der Waals surface area contributed by atoms with E-state index in [9.17, 15) is 9.59 Å². The molecule has 1 N–H and O–H groups in total. The third-order valence-electron chi connectivity index (χ3n) is 4.45. The van der Waals surface area contributed by atoms with Crippen molar-refractivity contribution < 1.29 is 14.3 Å². The Kier molecular flexibility index (Phi) is 8.57. The van der Waals surface area contributed by atoms with Gasteiger partial charge in [0.05, 0.1) is 19.6 Å². The molecule has 0 saturated carbocycles. The van der Waals surface area contributed by atoms with Gasteiger partial charge in [0.15, 0.2) is 5.96 Å². The van der Waals surface area contributed by atoms with Gasteiger partial charge in [-0.05, 0) is 26.7 Å². The Morgan fingerprint density at radius 1 is 1.25 bits per heavy atom. The highest BCUT2D eigenvalue weighted by Gasteiger charge is 2.36. The van der Waals surface area contributed by atoms with E-state index in [1.807, 2.05) is 25.7 Å². The first kappa shape index (κ1) is 20.3. The SMILES string of the molecule is CCNC(=NCCC(=O)N(CC)CC)N1CC(C)C(C(=O)OC)C1. The molecule has 7 heteroatoms. The minimum atomic E-state index is -0.169. The molecule has 0 aromatic rings. The Labute approximate surface area is 145 Å². The summed E-state index contributed by atoms with van der Waals surface area (Å²) in [7, 11) is 1.43. The third kappa shape index (κ3) is 5.39. The van der Waals surface area contributed by atoms with Gasteiger partial charge in [-0.25, -0.2) is 0 Å². The fourth-order valence-corrected chi connectivity index (χ4v) is 3.02. The molecule has 1 fully saturated rings. The van der Waals surface area contributed by atoms with Gasteiger partial charge in [0.2, 0.25) is 5.91 Å². The molecular weight excluding hydrogens is 308 g/mol. The lowest BCUT2D eigenvalue weighted by Crippen LogP contribution is -2.41. The molecule has 138 valence electrons. The lowest BCUT2D eigenvalue weighted by molar-refractivity contribution is -0.146. The Bertz CT molecular complexity index is 449. The summed E-state index contributed by atoms with van der Waals surface area (Å²) in [6.45, 7) is 12.0. The number of methoxy groups -OCH3 is 1. The smallest absolute Gasteiger partial charge is 0.310 e. The highest BCUT2D eigenvalue weighted by Crippen LogP contribution is 2.24. The number of carbonyl (C=O) groups is 2. The fourth-order valence-electron chi connectivity index (χ4n) is 3.02. The molecule has 1 aliphatic heterocycles. The normalized spacial score (nSPS) is 20.9. The van der Waals surface area contributed by atoms with Gasteiger partial charge >= 0.3 is 5.97 Å². The molecule has 1 saturated heterocycles. The van der Waals surface area contributed by atoms with Crippen LogP contribution in [0.1, 0.15) is 34.1 Å². The van der Waals surface area contributed by atoms with Gasteiger partial charge in [-0.3, -0.25) is 14.6 Å². The number of nitrogens with zero attached hydrogens (tertiary/aromatic N) is 3. The van der Waals surface area contributed by atoms with Gasteiger partial charge < -0.3 is 19.9 Å². The molecule has 7 nitrogen and oxygen atoms in total. The van der Waals surface area contributed by atoms with E-state index in [0.717, 1.165) is 32.1 Å². The number of hydrogen-bond donors (Lipinski definition) is 1. The first-order chi connectivity index (χ1) is 11.5. The molecule has 24 heavy (non-hydrogen) atoms. The van der Waals surface area contributed by atoms with E-state index in [1.165, 1.54) is 7.11 Å². The molecule has 0 bridgehead atoms. The summed E-state index contributed by atoms with van der Waals surface area (Å²) in [5.74, 6) is 0.817. The van der Waals surface area contributed by atoms with Crippen LogP contribution in [0.5, 0.6) is 0 Å². The number of nitrogens with one attached hydrogen (secondary N) is 1. The van der Waals surface area contributed by atoms with Crippen molar-refractivity contribution in [3.63, 3.8) is 0 Å². The van der Waals surface area contributed by atoms with Crippen molar-refractivity contribution in [1.29, 1.82) is 0 Å². The molecule has 0 radical (unpaired) electrons. The number of aliphatic imine (C=N–C) groups is 1. The fraction of sp³-hybridized carbons (Fsp3) is 0.824. The Morgan fingerprint density at radius 3 is 2.46 bits per heavy atom. The van der Waals surface area contributed by atoms with E-state index >= 15 is 0 Å². The molecule has 2 unspecified atom stereocenters. The predicted molar refractivity (Wildman–Crippen MR) is 94.8 cm³/mol. The number of likely N-dealkylation sites (tertiary alicyclic amines) is 1. The van der Waals surface area contributed by atoms with Crippen LogP contribution in [0.3, 0.4) is 0 Å². The number of amides is 1. The number of guanidine groups is 1. The van der Waals surface area contributed by atoms with Crippen molar-refractivity contribution in [3.8, 4) is 0 Å². The number of carbonyl (C=O) groups excluding carboxylic acids is 2. The topological polar surface area (TPSA) is 74.2 Å². The van der Waals surface area contributed by atoms with E-state index < -0.39 is 0 Å². The van der Waals surface area contributed by atoms with Crippen LogP contribution in [0.4, 0.5) is 0 Å². The summed E-state index contributed by atoms with van der Waals surface area (Å²) >= 11 is 0. The van der Waals surface area contributed by atoms with Crippen LogP contribution in [0.2, 0.25) is 0 Å². The number of ether oxygens (including phenoxy) is 1. The predicted octanol–water partition coefficient (Wildman–Crippen LogP) is 0.951. The molecule has 1 amide bonds. The van der Waals surface area contributed by atoms with E-state index in [1.54, 1.807) is 0 Å². The maximum Gasteiger partial charge on any atom is 0.310 e. The molecule has 2 atom stereocenters. The lowest BCUT2D eigenvalue weighted by atomic mass is 9.99. The highest BCUT2D eigenvalue weighted by molar-refractivity contribution is 5.83. The first-order valence-corrected chi connectivity index (χ1v) is 8.87. The largest absolute Gasteiger partial charge is 0.469 e. The molecule has 1 rings (SSSR count). The van der Waals surface area contributed by atoms with Gasteiger partial charge in [-0.2, -0.15) is 0 Å². The second-order valence-electron chi connectivity index (χ2n) is 6.06. The van der Waals surface area contributed by atoms with Gasteiger partial charge in [0.25, 0.3) is 0 Å². The zero-order chi connectivity index (χ0) is 18.1. The molecule has 0 spiro atoms.